The van der Waals surface area contributed by atoms with Crippen LogP contribution in [-0.2, 0) is 25.8 Å². The van der Waals surface area contributed by atoms with Crippen molar-refractivity contribution < 1.29 is 24.3 Å². The third-order valence-corrected chi connectivity index (χ3v) is 4.92. The van der Waals surface area contributed by atoms with E-state index in [2.05, 4.69) is 5.32 Å². The summed E-state index contributed by atoms with van der Waals surface area (Å²) in [7, 11) is 0. The number of aliphatic carboxylic acids is 1. The van der Waals surface area contributed by atoms with E-state index < -0.39 is 17.3 Å². The molecule has 0 saturated carbocycles. The molecule has 1 saturated heterocycles. The maximum atomic E-state index is 12.4. The van der Waals surface area contributed by atoms with Crippen LogP contribution in [0, 0.1) is 11.3 Å². The Balaban J connectivity index is 1.62. The van der Waals surface area contributed by atoms with Crippen molar-refractivity contribution in [3.05, 3.63) is 41.5 Å². The van der Waals surface area contributed by atoms with Crippen molar-refractivity contribution in [2.45, 2.75) is 39.7 Å². The lowest BCUT2D eigenvalue weighted by atomic mass is 9.87. The Morgan fingerprint density at radius 2 is 2.00 bits per heavy atom. The molecule has 0 radical (unpaired) electrons. The number of carbonyl (C=O) groups is 3. The van der Waals surface area contributed by atoms with Crippen LogP contribution in [0.15, 0.2) is 35.9 Å². The standard InChI is InChI=1S/C20H24N2O5/c1-20(2)12-27-22(19(20)26)11-13-7-9-14(10-8-13)21-17(23)15-5-3-4-6-16(15)18(24)25/h5,7-10,16H,3-4,6,11-12H2,1-2H3,(H,21,23)(H,24,25). The molecule has 2 amide bonds. The van der Waals surface area contributed by atoms with Crippen molar-refractivity contribution in [2.75, 3.05) is 11.9 Å². The first-order valence-corrected chi connectivity index (χ1v) is 9.06. The molecule has 1 aliphatic carbocycles. The third-order valence-electron chi connectivity index (χ3n) is 4.92. The van der Waals surface area contributed by atoms with Gasteiger partial charge in [-0.2, -0.15) is 0 Å². The molecule has 1 fully saturated rings. The van der Waals surface area contributed by atoms with E-state index in [4.69, 9.17) is 4.84 Å². The number of nitrogens with one attached hydrogen (secondary N) is 1. The van der Waals surface area contributed by atoms with Crippen LogP contribution in [0.25, 0.3) is 0 Å². The number of rotatable bonds is 5. The number of hydrogen-bond donors (Lipinski definition) is 2. The van der Waals surface area contributed by atoms with E-state index in [1.807, 2.05) is 26.0 Å². The summed E-state index contributed by atoms with van der Waals surface area (Å²) in [5.41, 5.74) is 1.26. The van der Waals surface area contributed by atoms with E-state index in [0.717, 1.165) is 12.0 Å². The molecule has 1 aromatic carbocycles. The smallest absolute Gasteiger partial charge is 0.311 e. The molecule has 1 atom stereocenters. The molecule has 27 heavy (non-hydrogen) atoms. The molecule has 7 heteroatoms. The van der Waals surface area contributed by atoms with Gasteiger partial charge in [0.25, 0.3) is 11.8 Å². The molecule has 7 nitrogen and oxygen atoms in total. The topological polar surface area (TPSA) is 95.9 Å². The average Bonchev–Trinajstić information content (AvgIpc) is 2.90. The van der Waals surface area contributed by atoms with Crippen LogP contribution in [0.4, 0.5) is 5.69 Å². The molecule has 144 valence electrons. The molecule has 3 rings (SSSR count). The maximum Gasteiger partial charge on any atom is 0.311 e. The second-order valence-corrected chi connectivity index (χ2v) is 7.63. The lowest BCUT2D eigenvalue weighted by Crippen LogP contribution is -2.30. The van der Waals surface area contributed by atoms with Crippen molar-refractivity contribution in [3.8, 4) is 0 Å². The number of anilines is 1. The number of carboxylic acid groups (broad SMARTS) is 1. The number of hydroxylamine groups is 2. The molecule has 1 aliphatic heterocycles. The summed E-state index contributed by atoms with van der Waals surface area (Å²) in [5.74, 6) is -2.15. The lowest BCUT2D eigenvalue weighted by Gasteiger charge is -2.20. The zero-order valence-electron chi connectivity index (χ0n) is 15.5. The number of hydrogen-bond acceptors (Lipinski definition) is 4. The zero-order valence-corrected chi connectivity index (χ0v) is 15.5. The van der Waals surface area contributed by atoms with Gasteiger partial charge >= 0.3 is 5.97 Å². The molecule has 2 aliphatic rings. The fourth-order valence-electron chi connectivity index (χ4n) is 3.26. The molecule has 1 heterocycles. The number of carbonyl (C=O) groups excluding carboxylic acids is 2. The normalized spacial score (nSPS) is 21.7. The van der Waals surface area contributed by atoms with Gasteiger partial charge in [-0.3, -0.25) is 19.2 Å². The van der Waals surface area contributed by atoms with E-state index in [1.165, 1.54) is 5.06 Å². The second kappa shape index (κ2) is 7.52. The SMILES string of the molecule is CC1(C)CON(Cc2ccc(NC(=O)C3=CCCCC3C(=O)O)cc2)C1=O. The molecule has 2 N–H and O–H groups in total. The molecule has 1 unspecified atom stereocenters. The summed E-state index contributed by atoms with van der Waals surface area (Å²) in [5, 5.41) is 13.4. The van der Waals surface area contributed by atoms with Gasteiger partial charge in [-0.15, -0.1) is 0 Å². The molecule has 1 aromatic rings. The number of benzene rings is 1. The van der Waals surface area contributed by atoms with Gasteiger partial charge in [0.1, 0.15) is 0 Å². The minimum atomic E-state index is -0.968. The number of nitrogens with zero attached hydrogens (tertiary/aromatic N) is 1. The molecular formula is C20H24N2O5. The van der Waals surface area contributed by atoms with Gasteiger partial charge in [-0.1, -0.05) is 18.2 Å². The van der Waals surface area contributed by atoms with Crippen molar-refractivity contribution in [3.63, 3.8) is 0 Å². The predicted molar refractivity (Wildman–Crippen MR) is 98.4 cm³/mol. The minimum absolute atomic E-state index is 0.0520. The lowest BCUT2D eigenvalue weighted by molar-refractivity contribution is -0.165. The number of amides is 2. The molecular weight excluding hydrogens is 348 g/mol. The summed E-state index contributed by atoms with van der Waals surface area (Å²) in [4.78, 5) is 41.4. The highest BCUT2D eigenvalue weighted by molar-refractivity contribution is 6.07. The van der Waals surface area contributed by atoms with Crippen LogP contribution in [0.5, 0.6) is 0 Å². The van der Waals surface area contributed by atoms with Crippen molar-refractivity contribution in [2.24, 2.45) is 11.3 Å². The molecule has 0 bridgehead atoms. The van der Waals surface area contributed by atoms with Crippen LogP contribution >= 0.6 is 0 Å². The highest BCUT2D eigenvalue weighted by atomic mass is 16.7. The summed E-state index contributed by atoms with van der Waals surface area (Å²) < 4.78 is 0. The summed E-state index contributed by atoms with van der Waals surface area (Å²) in [6.45, 7) is 4.39. The van der Waals surface area contributed by atoms with Crippen molar-refractivity contribution in [1.29, 1.82) is 0 Å². The largest absolute Gasteiger partial charge is 0.481 e. The quantitative estimate of drug-likeness (QED) is 0.828. The Morgan fingerprint density at radius 3 is 2.59 bits per heavy atom. The van der Waals surface area contributed by atoms with E-state index >= 15 is 0 Å². The number of allylic oxidation sites excluding steroid dienone is 1. The summed E-state index contributed by atoms with van der Waals surface area (Å²) in [6, 6.07) is 7.08. The van der Waals surface area contributed by atoms with Crippen LogP contribution in [-0.4, -0.2) is 34.6 Å². The second-order valence-electron chi connectivity index (χ2n) is 7.63. The van der Waals surface area contributed by atoms with E-state index in [9.17, 15) is 19.5 Å². The Kier molecular flexibility index (Phi) is 5.32. The maximum absolute atomic E-state index is 12.4. The van der Waals surface area contributed by atoms with E-state index in [-0.39, 0.29) is 11.8 Å². The zero-order chi connectivity index (χ0) is 19.6. The molecule has 0 spiro atoms. The Morgan fingerprint density at radius 1 is 1.30 bits per heavy atom. The van der Waals surface area contributed by atoms with Crippen LogP contribution in [0.2, 0.25) is 0 Å². The van der Waals surface area contributed by atoms with Crippen molar-refractivity contribution >= 4 is 23.5 Å². The van der Waals surface area contributed by atoms with Gasteiger partial charge in [0, 0.05) is 11.3 Å². The van der Waals surface area contributed by atoms with Crippen molar-refractivity contribution in [1.82, 2.24) is 5.06 Å². The average molecular weight is 372 g/mol. The fourth-order valence-corrected chi connectivity index (χ4v) is 3.26. The third kappa shape index (κ3) is 4.19. The van der Waals surface area contributed by atoms with Gasteiger partial charge in [0.15, 0.2) is 0 Å². The first kappa shape index (κ1) is 19.1. The van der Waals surface area contributed by atoms with Gasteiger partial charge < -0.3 is 10.4 Å². The first-order chi connectivity index (χ1) is 12.8. The fraction of sp³-hybridized carbons (Fsp3) is 0.450. The minimum Gasteiger partial charge on any atom is -0.481 e. The Labute approximate surface area is 157 Å². The van der Waals surface area contributed by atoms with Crippen LogP contribution in [0.3, 0.4) is 0 Å². The summed E-state index contributed by atoms with van der Waals surface area (Å²) in [6.07, 6.45) is 3.68. The van der Waals surface area contributed by atoms with E-state index in [0.29, 0.717) is 37.3 Å². The first-order valence-electron chi connectivity index (χ1n) is 9.06. The molecule has 0 aromatic heterocycles. The highest BCUT2D eigenvalue weighted by Gasteiger charge is 2.40. The Bertz CT molecular complexity index is 782. The van der Waals surface area contributed by atoms with Crippen LogP contribution < -0.4 is 5.32 Å². The van der Waals surface area contributed by atoms with Gasteiger partial charge in [0.2, 0.25) is 0 Å². The predicted octanol–water partition coefficient (Wildman–Crippen LogP) is 2.74. The van der Waals surface area contributed by atoms with Gasteiger partial charge in [0.05, 0.1) is 24.5 Å². The van der Waals surface area contributed by atoms with Gasteiger partial charge in [-0.05, 0) is 50.8 Å². The van der Waals surface area contributed by atoms with E-state index in [1.54, 1.807) is 18.2 Å². The van der Waals surface area contributed by atoms with Crippen LogP contribution in [0.1, 0.15) is 38.7 Å². The Hall–Kier alpha value is -2.67. The van der Waals surface area contributed by atoms with Gasteiger partial charge in [-0.25, -0.2) is 5.06 Å². The highest BCUT2D eigenvalue weighted by Crippen LogP contribution is 2.29. The number of carboxylic acids is 1. The monoisotopic (exact) mass is 372 g/mol. The summed E-state index contributed by atoms with van der Waals surface area (Å²) >= 11 is 0.